The van der Waals surface area contributed by atoms with Gasteiger partial charge in [0.25, 0.3) is 5.91 Å². The third-order valence-corrected chi connectivity index (χ3v) is 5.93. The number of nitrogens with one attached hydrogen (secondary N) is 1. The largest absolute Gasteiger partial charge is 0.384 e. The molecule has 33 heavy (non-hydrogen) atoms. The van der Waals surface area contributed by atoms with Crippen molar-refractivity contribution >= 4 is 33.9 Å². The molecule has 0 bridgehead atoms. The van der Waals surface area contributed by atoms with Gasteiger partial charge in [0.2, 0.25) is 0 Å². The summed E-state index contributed by atoms with van der Waals surface area (Å²) in [6, 6.07) is 27.5. The van der Waals surface area contributed by atoms with Crippen molar-refractivity contribution in [2.24, 2.45) is 0 Å². The lowest BCUT2D eigenvalue weighted by Gasteiger charge is -2.14. The standard InChI is InChI=1S/C27H25N5O/c1-18(20-12-6-3-7-13-20)29-27(33)23-24-26(31-22-15-9-8-14-21(22)30-24)32(25(23)28)17-16-19-10-4-2-5-11-19/h2-15,18H,16-17,28H2,1H3,(H,29,33)/t18-/m1/s1. The van der Waals surface area contributed by atoms with E-state index < -0.39 is 0 Å². The molecule has 0 aliphatic carbocycles. The first kappa shape index (κ1) is 20.7. The normalized spacial score (nSPS) is 12.2. The van der Waals surface area contributed by atoms with Crippen LogP contribution in [0.5, 0.6) is 0 Å². The van der Waals surface area contributed by atoms with E-state index in [1.807, 2.05) is 84.3 Å². The van der Waals surface area contributed by atoms with E-state index in [0.29, 0.717) is 29.1 Å². The van der Waals surface area contributed by atoms with Crippen molar-refractivity contribution < 1.29 is 4.79 Å². The first-order valence-electron chi connectivity index (χ1n) is 11.1. The molecule has 164 valence electrons. The summed E-state index contributed by atoms with van der Waals surface area (Å²) in [4.78, 5) is 23.0. The van der Waals surface area contributed by atoms with Gasteiger partial charge < -0.3 is 15.6 Å². The van der Waals surface area contributed by atoms with Crippen molar-refractivity contribution in [3.63, 3.8) is 0 Å². The molecule has 1 atom stereocenters. The molecule has 5 rings (SSSR count). The molecule has 6 heteroatoms. The van der Waals surface area contributed by atoms with E-state index in [1.165, 1.54) is 5.56 Å². The van der Waals surface area contributed by atoms with Crippen molar-refractivity contribution in [1.82, 2.24) is 19.9 Å². The Morgan fingerprint density at radius 1 is 0.909 bits per heavy atom. The lowest BCUT2D eigenvalue weighted by Crippen LogP contribution is -2.27. The van der Waals surface area contributed by atoms with Crippen LogP contribution in [0, 0.1) is 0 Å². The molecule has 0 aliphatic rings. The van der Waals surface area contributed by atoms with Crippen LogP contribution in [-0.4, -0.2) is 20.4 Å². The van der Waals surface area contributed by atoms with E-state index in [-0.39, 0.29) is 11.9 Å². The molecular weight excluding hydrogens is 410 g/mol. The Bertz CT molecular complexity index is 1430. The number of nitrogens with zero attached hydrogens (tertiary/aromatic N) is 3. The number of fused-ring (bicyclic) bond motifs is 2. The Morgan fingerprint density at radius 3 is 2.21 bits per heavy atom. The fourth-order valence-electron chi connectivity index (χ4n) is 4.15. The smallest absolute Gasteiger partial charge is 0.257 e. The number of benzene rings is 3. The van der Waals surface area contributed by atoms with Crippen molar-refractivity contribution in [2.45, 2.75) is 25.9 Å². The van der Waals surface area contributed by atoms with Crippen molar-refractivity contribution in [3.8, 4) is 0 Å². The summed E-state index contributed by atoms with van der Waals surface area (Å²) in [5.41, 5.74) is 11.8. The summed E-state index contributed by atoms with van der Waals surface area (Å²) in [5.74, 6) is 0.130. The molecule has 0 radical (unpaired) electrons. The zero-order valence-corrected chi connectivity index (χ0v) is 18.4. The summed E-state index contributed by atoms with van der Waals surface area (Å²) < 4.78 is 1.91. The fourth-order valence-corrected chi connectivity index (χ4v) is 4.15. The highest BCUT2D eigenvalue weighted by molar-refractivity contribution is 6.10. The van der Waals surface area contributed by atoms with E-state index in [9.17, 15) is 4.79 Å². The predicted molar refractivity (Wildman–Crippen MR) is 132 cm³/mol. The quantitative estimate of drug-likeness (QED) is 0.397. The number of amides is 1. The third-order valence-electron chi connectivity index (χ3n) is 5.93. The first-order valence-corrected chi connectivity index (χ1v) is 11.1. The molecule has 6 nitrogen and oxygen atoms in total. The maximum Gasteiger partial charge on any atom is 0.257 e. The fraction of sp³-hybridized carbons (Fsp3) is 0.148. The minimum atomic E-state index is -0.253. The highest BCUT2D eigenvalue weighted by Gasteiger charge is 2.25. The number of nitrogens with two attached hydrogens (primary N) is 1. The monoisotopic (exact) mass is 435 g/mol. The minimum Gasteiger partial charge on any atom is -0.384 e. The SMILES string of the molecule is C[C@@H](NC(=O)c1c(N)n(CCc2ccccc2)c2nc3ccccc3nc12)c1ccccc1. The van der Waals surface area contributed by atoms with E-state index >= 15 is 0 Å². The van der Waals surface area contributed by atoms with Gasteiger partial charge in [-0.15, -0.1) is 0 Å². The zero-order chi connectivity index (χ0) is 22.8. The Hall–Kier alpha value is -4.19. The Kier molecular flexibility index (Phi) is 5.48. The van der Waals surface area contributed by atoms with Crippen molar-refractivity contribution in [3.05, 3.63) is 102 Å². The van der Waals surface area contributed by atoms with Crippen LogP contribution in [0.1, 0.15) is 34.5 Å². The Morgan fingerprint density at radius 2 is 1.52 bits per heavy atom. The predicted octanol–water partition coefficient (Wildman–Crippen LogP) is 4.90. The Labute approximate surface area is 192 Å². The molecule has 3 aromatic carbocycles. The summed E-state index contributed by atoms with van der Waals surface area (Å²) in [6.45, 7) is 2.56. The number of aromatic nitrogens is 3. The van der Waals surface area contributed by atoms with E-state index in [2.05, 4.69) is 17.4 Å². The lowest BCUT2D eigenvalue weighted by atomic mass is 10.1. The lowest BCUT2D eigenvalue weighted by molar-refractivity contribution is 0.0942. The molecule has 5 aromatic rings. The van der Waals surface area contributed by atoms with Gasteiger partial charge >= 0.3 is 0 Å². The number of para-hydroxylation sites is 2. The van der Waals surface area contributed by atoms with Gasteiger partial charge in [0.05, 0.1) is 17.1 Å². The molecule has 0 saturated carbocycles. The summed E-state index contributed by atoms with van der Waals surface area (Å²) >= 11 is 0. The van der Waals surface area contributed by atoms with Gasteiger partial charge in [-0.05, 0) is 36.6 Å². The van der Waals surface area contributed by atoms with Gasteiger partial charge in [0, 0.05) is 6.54 Å². The van der Waals surface area contributed by atoms with Gasteiger partial charge in [-0.3, -0.25) is 4.79 Å². The second-order valence-corrected chi connectivity index (χ2v) is 8.14. The Balaban J connectivity index is 1.57. The van der Waals surface area contributed by atoms with Crippen LogP contribution < -0.4 is 11.1 Å². The van der Waals surface area contributed by atoms with E-state index in [1.54, 1.807) is 0 Å². The molecule has 0 spiro atoms. The number of carbonyl (C=O) groups excluding carboxylic acids is 1. The van der Waals surface area contributed by atoms with E-state index in [0.717, 1.165) is 23.0 Å². The average molecular weight is 436 g/mol. The number of nitrogen functional groups attached to an aromatic ring is 1. The average Bonchev–Trinajstić information content (AvgIpc) is 3.12. The highest BCUT2D eigenvalue weighted by atomic mass is 16.1. The van der Waals surface area contributed by atoms with Crippen LogP contribution >= 0.6 is 0 Å². The maximum atomic E-state index is 13.4. The molecule has 0 fully saturated rings. The number of anilines is 1. The summed E-state index contributed by atoms with van der Waals surface area (Å²) in [6.07, 6.45) is 0.769. The van der Waals surface area contributed by atoms with Crippen LogP contribution in [0.3, 0.4) is 0 Å². The van der Waals surface area contributed by atoms with Crippen LogP contribution in [0.2, 0.25) is 0 Å². The third kappa shape index (κ3) is 4.03. The number of rotatable bonds is 6. The molecule has 0 unspecified atom stereocenters. The molecular formula is C27H25N5O. The maximum absolute atomic E-state index is 13.4. The summed E-state index contributed by atoms with van der Waals surface area (Å²) in [7, 11) is 0. The molecule has 2 aromatic heterocycles. The second kappa shape index (κ2) is 8.74. The van der Waals surface area contributed by atoms with Crippen LogP contribution in [0.25, 0.3) is 22.2 Å². The number of hydrogen-bond donors (Lipinski definition) is 2. The second-order valence-electron chi connectivity index (χ2n) is 8.14. The van der Waals surface area contributed by atoms with Gasteiger partial charge in [-0.25, -0.2) is 9.97 Å². The van der Waals surface area contributed by atoms with Gasteiger partial charge in [0.1, 0.15) is 16.9 Å². The van der Waals surface area contributed by atoms with Gasteiger partial charge in [-0.1, -0.05) is 72.8 Å². The van der Waals surface area contributed by atoms with E-state index in [4.69, 9.17) is 15.7 Å². The van der Waals surface area contributed by atoms with Crippen molar-refractivity contribution in [2.75, 3.05) is 5.73 Å². The molecule has 0 aliphatic heterocycles. The minimum absolute atomic E-state index is 0.172. The summed E-state index contributed by atoms with van der Waals surface area (Å²) in [5, 5.41) is 3.08. The van der Waals surface area contributed by atoms with Crippen molar-refractivity contribution in [1.29, 1.82) is 0 Å². The first-order chi connectivity index (χ1) is 16.1. The molecule has 0 saturated heterocycles. The topological polar surface area (TPSA) is 85.8 Å². The molecule has 3 N–H and O–H groups in total. The molecule has 2 heterocycles. The number of aryl methyl sites for hydroxylation is 2. The van der Waals surface area contributed by atoms with Crippen LogP contribution in [-0.2, 0) is 13.0 Å². The van der Waals surface area contributed by atoms with Crippen LogP contribution in [0.15, 0.2) is 84.9 Å². The molecule has 1 amide bonds. The number of hydrogen-bond acceptors (Lipinski definition) is 4. The number of carbonyl (C=O) groups is 1. The van der Waals surface area contributed by atoms with Gasteiger partial charge in [0.15, 0.2) is 5.65 Å². The van der Waals surface area contributed by atoms with Gasteiger partial charge in [-0.2, -0.15) is 0 Å². The highest BCUT2D eigenvalue weighted by Crippen LogP contribution is 2.29. The zero-order valence-electron chi connectivity index (χ0n) is 18.4. The van der Waals surface area contributed by atoms with Crippen LogP contribution in [0.4, 0.5) is 5.82 Å².